The third-order valence-electron chi connectivity index (χ3n) is 5.94. The summed E-state index contributed by atoms with van der Waals surface area (Å²) in [6.45, 7) is 0.954. The lowest BCUT2D eigenvalue weighted by molar-refractivity contribution is 0.165. The molecule has 2 aliphatic carbocycles. The number of amides is 2. The van der Waals surface area contributed by atoms with Gasteiger partial charge in [0.15, 0.2) is 0 Å². The second kappa shape index (κ2) is 5.94. The number of carbonyl (C=O) groups is 1. The zero-order valence-corrected chi connectivity index (χ0v) is 13.3. The average molecular weight is 298 g/mol. The third kappa shape index (κ3) is 2.51. The number of fused-ring (bicyclic) bond motifs is 2. The van der Waals surface area contributed by atoms with Crippen LogP contribution in [0, 0.1) is 5.92 Å². The summed E-state index contributed by atoms with van der Waals surface area (Å²) < 4.78 is 0. The van der Waals surface area contributed by atoms with E-state index < -0.39 is 0 Å². The summed E-state index contributed by atoms with van der Waals surface area (Å²) in [6.07, 6.45) is 9.78. The van der Waals surface area contributed by atoms with E-state index in [0.29, 0.717) is 6.04 Å². The second-order valence-electron chi connectivity index (χ2n) is 7.19. The second-order valence-corrected chi connectivity index (χ2v) is 7.19. The fraction of sp³-hybridized carbons (Fsp3) is 0.632. The summed E-state index contributed by atoms with van der Waals surface area (Å²) in [5.74, 6) is 0.762. The molecule has 1 saturated heterocycles. The van der Waals surface area contributed by atoms with Crippen LogP contribution in [-0.4, -0.2) is 23.5 Å². The van der Waals surface area contributed by atoms with E-state index in [2.05, 4.69) is 34.5 Å². The standard InChI is InChI=1S/C19H26N2O/c22-19(21-13-12-15-7-2-4-11-18(15)21)20-17-10-5-8-14-6-1-3-9-16(14)17/h1,3,6,9,15,17-18H,2,4-5,7-8,10-13H2,(H,20,22). The van der Waals surface area contributed by atoms with Crippen molar-refractivity contribution in [2.45, 2.75) is 63.5 Å². The van der Waals surface area contributed by atoms with Crippen LogP contribution in [0.3, 0.4) is 0 Å². The van der Waals surface area contributed by atoms with Gasteiger partial charge in [-0.05, 0) is 55.6 Å². The number of hydrogen-bond acceptors (Lipinski definition) is 1. The number of likely N-dealkylation sites (tertiary alicyclic amines) is 1. The number of nitrogens with one attached hydrogen (secondary N) is 1. The molecular formula is C19H26N2O. The number of carbonyl (C=O) groups excluding carboxylic acids is 1. The monoisotopic (exact) mass is 298 g/mol. The SMILES string of the molecule is O=C(NC1CCCc2ccccc21)N1CCC2CCCCC21. The molecule has 3 atom stereocenters. The number of benzene rings is 1. The summed E-state index contributed by atoms with van der Waals surface area (Å²) in [4.78, 5) is 14.9. The van der Waals surface area contributed by atoms with Crippen molar-refractivity contribution in [1.82, 2.24) is 10.2 Å². The topological polar surface area (TPSA) is 32.3 Å². The van der Waals surface area contributed by atoms with E-state index in [1.54, 1.807) is 0 Å². The zero-order valence-electron chi connectivity index (χ0n) is 13.3. The van der Waals surface area contributed by atoms with Gasteiger partial charge in [0.1, 0.15) is 0 Å². The molecule has 4 rings (SSSR count). The Balaban J connectivity index is 1.47. The van der Waals surface area contributed by atoms with Crippen molar-refractivity contribution in [2.75, 3.05) is 6.54 Å². The van der Waals surface area contributed by atoms with Gasteiger partial charge in [-0.25, -0.2) is 4.79 Å². The lowest BCUT2D eigenvalue weighted by Gasteiger charge is -2.34. The molecule has 1 aliphatic heterocycles. The van der Waals surface area contributed by atoms with E-state index in [1.807, 2.05) is 0 Å². The molecule has 1 heterocycles. The van der Waals surface area contributed by atoms with E-state index >= 15 is 0 Å². The smallest absolute Gasteiger partial charge is 0.318 e. The van der Waals surface area contributed by atoms with Gasteiger partial charge in [-0.2, -0.15) is 0 Å². The van der Waals surface area contributed by atoms with Gasteiger partial charge < -0.3 is 10.2 Å². The van der Waals surface area contributed by atoms with Crippen molar-refractivity contribution >= 4 is 6.03 Å². The van der Waals surface area contributed by atoms with Crippen LogP contribution in [0.1, 0.15) is 62.1 Å². The van der Waals surface area contributed by atoms with E-state index in [-0.39, 0.29) is 12.1 Å². The molecule has 0 bridgehead atoms. The fourth-order valence-corrected chi connectivity index (χ4v) is 4.79. The Morgan fingerprint density at radius 2 is 1.91 bits per heavy atom. The molecular weight excluding hydrogens is 272 g/mol. The Morgan fingerprint density at radius 1 is 1.05 bits per heavy atom. The van der Waals surface area contributed by atoms with E-state index in [0.717, 1.165) is 25.3 Å². The van der Waals surface area contributed by atoms with Crippen molar-refractivity contribution in [1.29, 1.82) is 0 Å². The molecule has 118 valence electrons. The summed E-state index contributed by atoms with van der Waals surface area (Å²) in [5, 5.41) is 3.34. The number of nitrogens with zero attached hydrogens (tertiary/aromatic N) is 1. The quantitative estimate of drug-likeness (QED) is 0.834. The molecule has 0 spiro atoms. The fourth-order valence-electron chi connectivity index (χ4n) is 4.79. The summed E-state index contributed by atoms with van der Waals surface area (Å²) >= 11 is 0. The minimum absolute atomic E-state index is 0.177. The summed E-state index contributed by atoms with van der Waals surface area (Å²) in [7, 11) is 0. The molecule has 1 aromatic carbocycles. The van der Waals surface area contributed by atoms with Gasteiger partial charge in [-0.1, -0.05) is 37.1 Å². The Hall–Kier alpha value is -1.51. The molecule has 1 N–H and O–H groups in total. The van der Waals surface area contributed by atoms with Crippen LogP contribution in [0.5, 0.6) is 0 Å². The van der Waals surface area contributed by atoms with Crippen molar-refractivity contribution < 1.29 is 4.79 Å². The highest BCUT2D eigenvalue weighted by molar-refractivity contribution is 5.75. The van der Waals surface area contributed by atoms with Gasteiger partial charge in [0.2, 0.25) is 0 Å². The maximum atomic E-state index is 12.8. The maximum Gasteiger partial charge on any atom is 0.318 e. The Labute approximate surface area is 133 Å². The van der Waals surface area contributed by atoms with Crippen molar-refractivity contribution in [2.24, 2.45) is 5.92 Å². The van der Waals surface area contributed by atoms with Crippen LogP contribution in [0.25, 0.3) is 0 Å². The molecule has 3 unspecified atom stereocenters. The molecule has 2 amide bonds. The summed E-state index contributed by atoms with van der Waals surface area (Å²) in [5.41, 5.74) is 2.75. The highest BCUT2D eigenvalue weighted by Gasteiger charge is 2.38. The minimum atomic E-state index is 0.177. The molecule has 1 saturated carbocycles. The Morgan fingerprint density at radius 3 is 2.86 bits per heavy atom. The van der Waals surface area contributed by atoms with Gasteiger partial charge in [-0.3, -0.25) is 0 Å². The van der Waals surface area contributed by atoms with Crippen LogP contribution in [-0.2, 0) is 6.42 Å². The minimum Gasteiger partial charge on any atom is -0.331 e. The highest BCUT2D eigenvalue weighted by atomic mass is 16.2. The number of rotatable bonds is 1. The summed E-state index contributed by atoms with van der Waals surface area (Å²) in [6, 6.07) is 9.49. The Kier molecular flexibility index (Phi) is 3.81. The number of urea groups is 1. The van der Waals surface area contributed by atoms with Gasteiger partial charge in [0, 0.05) is 12.6 Å². The first-order chi connectivity index (χ1) is 10.8. The van der Waals surface area contributed by atoms with Gasteiger partial charge in [0.05, 0.1) is 6.04 Å². The van der Waals surface area contributed by atoms with Crippen LogP contribution in [0.15, 0.2) is 24.3 Å². The Bertz CT molecular complexity index is 556. The molecule has 1 aromatic rings. The van der Waals surface area contributed by atoms with Crippen LogP contribution in [0.4, 0.5) is 4.79 Å². The maximum absolute atomic E-state index is 12.8. The molecule has 0 radical (unpaired) electrons. The molecule has 3 nitrogen and oxygen atoms in total. The van der Waals surface area contributed by atoms with Crippen LogP contribution in [0.2, 0.25) is 0 Å². The van der Waals surface area contributed by atoms with E-state index in [4.69, 9.17) is 0 Å². The zero-order chi connectivity index (χ0) is 14.9. The first-order valence-electron chi connectivity index (χ1n) is 8.98. The van der Waals surface area contributed by atoms with Gasteiger partial charge >= 0.3 is 6.03 Å². The molecule has 2 fully saturated rings. The van der Waals surface area contributed by atoms with E-state index in [9.17, 15) is 4.79 Å². The lowest BCUT2D eigenvalue weighted by atomic mass is 9.85. The number of hydrogen-bond donors (Lipinski definition) is 1. The predicted molar refractivity (Wildman–Crippen MR) is 87.7 cm³/mol. The molecule has 0 aromatic heterocycles. The number of aryl methyl sites for hydroxylation is 1. The lowest BCUT2D eigenvalue weighted by Crippen LogP contribution is -2.46. The molecule has 3 heteroatoms. The van der Waals surface area contributed by atoms with Crippen LogP contribution < -0.4 is 5.32 Å². The first-order valence-corrected chi connectivity index (χ1v) is 8.98. The largest absolute Gasteiger partial charge is 0.331 e. The van der Waals surface area contributed by atoms with Crippen molar-refractivity contribution in [3.63, 3.8) is 0 Å². The van der Waals surface area contributed by atoms with Crippen molar-refractivity contribution in [3.8, 4) is 0 Å². The third-order valence-corrected chi connectivity index (χ3v) is 5.94. The van der Waals surface area contributed by atoms with E-state index in [1.165, 1.54) is 49.7 Å². The normalized spacial score (nSPS) is 30.5. The van der Waals surface area contributed by atoms with Crippen molar-refractivity contribution in [3.05, 3.63) is 35.4 Å². The highest BCUT2D eigenvalue weighted by Crippen LogP contribution is 2.37. The molecule has 3 aliphatic rings. The van der Waals surface area contributed by atoms with Gasteiger partial charge in [0.25, 0.3) is 0 Å². The van der Waals surface area contributed by atoms with Crippen LogP contribution >= 0.6 is 0 Å². The van der Waals surface area contributed by atoms with Gasteiger partial charge in [-0.15, -0.1) is 0 Å². The predicted octanol–water partition coefficient (Wildman–Crippen LogP) is 4.04. The average Bonchev–Trinajstić information content (AvgIpc) is 2.99. The first kappa shape index (κ1) is 14.1. The molecule has 22 heavy (non-hydrogen) atoms.